The van der Waals surface area contributed by atoms with Crippen molar-refractivity contribution in [2.45, 2.75) is 6.92 Å². The van der Waals surface area contributed by atoms with Crippen LogP contribution in [0.3, 0.4) is 0 Å². The lowest BCUT2D eigenvalue weighted by Gasteiger charge is -2.09. The number of carbonyl (C=O) groups is 1. The number of aromatic amines is 1. The minimum absolute atomic E-state index is 0.00179. The van der Waals surface area contributed by atoms with Crippen molar-refractivity contribution in [2.75, 3.05) is 11.1 Å². The van der Waals surface area contributed by atoms with Crippen molar-refractivity contribution in [3.05, 3.63) is 39.3 Å². The van der Waals surface area contributed by atoms with Crippen LogP contribution in [0.25, 0.3) is 0 Å². The van der Waals surface area contributed by atoms with Gasteiger partial charge in [0.15, 0.2) is 5.82 Å². The number of H-pyrrole nitrogens is 1. The molecule has 2 rings (SSSR count). The normalized spacial score (nSPS) is 10.5. The number of hydrogen-bond acceptors (Lipinski definition) is 3. The summed E-state index contributed by atoms with van der Waals surface area (Å²) in [5.74, 6) is -1.06. The molecular weight excluding hydrogens is 294 g/mol. The lowest BCUT2D eigenvalue weighted by Crippen LogP contribution is -2.15. The fourth-order valence-electron chi connectivity index (χ4n) is 1.57. The highest BCUT2D eigenvalue weighted by molar-refractivity contribution is 6.40. The number of nitrogens with two attached hydrogens (primary N) is 1. The smallest absolute Gasteiger partial charge is 0.261 e. The summed E-state index contributed by atoms with van der Waals surface area (Å²) >= 11 is 11.7. The standard InChI is InChI=1S/C11H9Cl2FN4O/c1-4-8(10(15)18-17-4)11(19)16-9-6(12)2-5(14)3-7(9)13/h2-3H,1H3,(H,16,19)(H3,15,17,18). The number of nitrogen functional groups attached to an aromatic ring is 1. The molecule has 8 heteroatoms. The molecule has 2 aromatic rings. The number of aryl methyl sites for hydroxylation is 1. The maximum atomic E-state index is 13.0. The molecule has 0 aliphatic rings. The molecule has 0 fully saturated rings. The van der Waals surface area contributed by atoms with Crippen LogP contribution in [0.5, 0.6) is 0 Å². The second kappa shape index (κ2) is 5.07. The highest BCUT2D eigenvalue weighted by Crippen LogP contribution is 2.32. The number of carbonyl (C=O) groups excluding carboxylic acids is 1. The Kier molecular flexibility index (Phi) is 3.64. The maximum absolute atomic E-state index is 13.0. The number of amides is 1. The molecule has 5 nitrogen and oxygen atoms in total. The topological polar surface area (TPSA) is 83.8 Å². The van der Waals surface area contributed by atoms with Crippen molar-refractivity contribution >= 4 is 40.6 Å². The average Bonchev–Trinajstić information content (AvgIpc) is 2.63. The minimum Gasteiger partial charge on any atom is -0.382 e. The van der Waals surface area contributed by atoms with Crippen molar-refractivity contribution < 1.29 is 9.18 Å². The number of nitrogens with zero attached hydrogens (tertiary/aromatic N) is 1. The Hall–Kier alpha value is -1.79. The molecular formula is C11H9Cl2FN4O. The van der Waals surface area contributed by atoms with E-state index in [1.54, 1.807) is 6.92 Å². The summed E-state index contributed by atoms with van der Waals surface area (Å²) < 4.78 is 13.0. The number of anilines is 2. The van der Waals surface area contributed by atoms with Gasteiger partial charge in [0.2, 0.25) is 0 Å². The van der Waals surface area contributed by atoms with E-state index in [0.29, 0.717) is 5.69 Å². The zero-order valence-corrected chi connectivity index (χ0v) is 11.2. The van der Waals surface area contributed by atoms with Gasteiger partial charge in [-0.1, -0.05) is 23.2 Å². The van der Waals surface area contributed by atoms with E-state index in [1.165, 1.54) is 0 Å². The largest absolute Gasteiger partial charge is 0.382 e. The van der Waals surface area contributed by atoms with Gasteiger partial charge in [0, 0.05) is 5.69 Å². The van der Waals surface area contributed by atoms with Crippen LogP contribution < -0.4 is 11.1 Å². The predicted octanol–water partition coefficient (Wildman–Crippen LogP) is 3.00. The van der Waals surface area contributed by atoms with Crippen molar-refractivity contribution in [3.8, 4) is 0 Å². The highest BCUT2D eigenvalue weighted by atomic mass is 35.5. The van der Waals surface area contributed by atoms with Gasteiger partial charge in [0.1, 0.15) is 11.4 Å². The maximum Gasteiger partial charge on any atom is 0.261 e. The van der Waals surface area contributed by atoms with Gasteiger partial charge < -0.3 is 11.1 Å². The molecule has 0 saturated carbocycles. The van der Waals surface area contributed by atoms with Crippen molar-refractivity contribution in [2.24, 2.45) is 0 Å². The van der Waals surface area contributed by atoms with Crippen LogP contribution in [0.4, 0.5) is 15.9 Å². The fourth-order valence-corrected chi connectivity index (χ4v) is 2.13. The first kappa shape index (κ1) is 13.6. The average molecular weight is 303 g/mol. The van der Waals surface area contributed by atoms with E-state index in [2.05, 4.69) is 15.5 Å². The number of hydrogen-bond donors (Lipinski definition) is 3. The highest BCUT2D eigenvalue weighted by Gasteiger charge is 2.19. The zero-order valence-electron chi connectivity index (χ0n) is 9.72. The number of rotatable bonds is 2. The van der Waals surface area contributed by atoms with Crippen LogP contribution in [0, 0.1) is 12.7 Å². The number of aromatic nitrogens is 2. The molecule has 0 radical (unpaired) electrons. The third kappa shape index (κ3) is 2.64. The Labute approximate surface area is 117 Å². The molecule has 1 heterocycles. The summed E-state index contributed by atoms with van der Waals surface area (Å²) in [6.45, 7) is 1.64. The first-order valence-corrected chi connectivity index (χ1v) is 5.92. The zero-order chi connectivity index (χ0) is 14.2. The summed E-state index contributed by atoms with van der Waals surface area (Å²) in [6, 6.07) is 2.10. The van der Waals surface area contributed by atoms with Crippen molar-refractivity contribution in [1.29, 1.82) is 0 Å². The number of nitrogens with one attached hydrogen (secondary N) is 2. The van der Waals surface area contributed by atoms with E-state index in [0.717, 1.165) is 12.1 Å². The SMILES string of the molecule is Cc1[nH]nc(N)c1C(=O)Nc1c(Cl)cc(F)cc1Cl. The first-order valence-electron chi connectivity index (χ1n) is 5.16. The second-order valence-electron chi connectivity index (χ2n) is 3.81. The van der Waals surface area contributed by atoms with Gasteiger partial charge in [-0.15, -0.1) is 0 Å². The lowest BCUT2D eigenvalue weighted by molar-refractivity contribution is 0.102. The fraction of sp³-hybridized carbons (Fsp3) is 0.0909. The minimum atomic E-state index is -0.591. The quantitative estimate of drug-likeness (QED) is 0.797. The Balaban J connectivity index is 2.35. The molecule has 4 N–H and O–H groups in total. The molecule has 0 aliphatic carbocycles. The van der Waals surface area contributed by atoms with Crippen LogP contribution >= 0.6 is 23.2 Å². The molecule has 1 amide bonds. The van der Waals surface area contributed by atoms with Crippen LogP contribution in [0.1, 0.15) is 16.1 Å². The molecule has 0 spiro atoms. The van der Waals surface area contributed by atoms with Gasteiger partial charge in [-0.05, 0) is 19.1 Å². The van der Waals surface area contributed by atoms with Gasteiger partial charge in [-0.25, -0.2) is 4.39 Å². The first-order chi connectivity index (χ1) is 8.90. The number of benzene rings is 1. The van der Waals surface area contributed by atoms with E-state index in [-0.39, 0.29) is 27.1 Å². The molecule has 0 saturated heterocycles. The van der Waals surface area contributed by atoms with E-state index in [4.69, 9.17) is 28.9 Å². The molecule has 100 valence electrons. The van der Waals surface area contributed by atoms with Gasteiger partial charge >= 0.3 is 0 Å². The third-order valence-corrected chi connectivity index (χ3v) is 3.04. The molecule has 1 aromatic carbocycles. The van der Waals surface area contributed by atoms with Crippen LogP contribution in [-0.4, -0.2) is 16.1 Å². The molecule has 0 atom stereocenters. The Morgan fingerprint density at radius 2 is 2.00 bits per heavy atom. The summed E-state index contributed by atoms with van der Waals surface area (Å²) in [4.78, 5) is 12.0. The van der Waals surface area contributed by atoms with Crippen LogP contribution in [0.2, 0.25) is 10.0 Å². The Morgan fingerprint density at radius 3 is 2.47 bits per heavy atom. The molecule has 0 unspecified atom stereocenters. The summed E-state index contributed by atoms with van der Waals surface area (Å²) in [5, 5.41) is 8.76. The van der Waals surface area contributed by atoms with Gasteiger partial charge in [0.05, 0.1) is 15.7 Å². The molecule has 0 aliphatic heterocycles. The van der Waals surface area contributed by atoms with E-state index < -0.39 is 11.7 Å². The van der Waals surface area contributed by atoms with Crippen LogP contribution in [0.15, 0.2) is 12.1 Å². The predicted molar refractivity (Wildman–Crippen MR) is 72.1 cm³/mol. The third-order valence-electron chi connectivity index (χ3n) is 2.45. The molecule has 1 aromatic heterocycles. The summed E-state index contributed by atoms with van der Waals surface area (Å²) in [7, 11) is 0. The van der Waals surface area contributed by atoms with Crippen molar-refractivity contribution in [1.82, 2.24) is 10.2 Å². The molecule has 19 heavy (non-hydrogen) atoms. The summed E-state index contributed by atoms with van der Waals surface area (Å²) in [6.07, 6.45) is 0. The lowest BCUT2D eigenvalue weighted by atomic mass is 10.2. The van der Waals surface area contributed by atoms with E-state index in [1.807, 2.05) is 0 Å². The number of halogens is 3. The van der Waals surface area contributed by atoms with E-state index in [9.17, 15) is 9.18 Å². The molecule has 0 bridgehead atoms. The second-order valence-corrected chi connectivity index (χ2v) is 4.62. The van der Waals surface area contributed by atoms with Crippen molar-refractivity contribution in [3.63, 3.8) is 0 Å². The Bertz CT molecular complexity index is 614. The van der Waals surface area contributed by atoms with Gasteiger partial charge in [-0.2, -0.15) is 5.10 Å². The summed E-state index contributed by atoms with van der Waals surface area (Å²) in [5.41, 5.74) is 6.38. The van der Waals surface area contributed by atoms with Gasteiger partial charge in [-0.3, -0.25) is 9.89 Å². The van der Waals surface area contributed by atoms with E-state index >= 15 is 0 Å². The van der Waals surface area contributed by atoms with Gasteiger partial charge in [0.25, 0.3) is 5.91 Å². The Morgan fingerprint density at radius 1 is 1.42 bits per heavy atom. The van der Waals surface area contributed by atoms with Crippen LogP contribution in [-0.2, 0) is 0 Å². The monoisotopic (exact) mass is 302 g/mol.